The third kappa shape index (κ3) is 14.1. The van der Waals surface area contributed by atoms with Gasteiger partial charge in [0.1, 0.15) is 6.04 Å². The van der Waals surface area contributed by atoms with Gasteiger partial charge in [-0.3, -0.25) is 24.5 Å². The quantitative estimate of drug-likeness (QED) is 0.197. The zero-order valence-corrected chi connectivity index (χ0v) is 20.2. The standard InChI is InChI=1S/C11H15N3O3S.C10H17NO5/c1-18-7-6-10(12)11(15)13-8-2-4-9(5-3-8)14(16)17;1-6(2)5-7(10(15)16)11-8(12)3-4-9(13)14/h2-5,10H,6-7,12H2,1H3,(H,13,15);6-7H,3-5H2,1-2H3,(H,11,12)(H,13,14)(H,15,16)/t10-;7-/m00/s1. The second kappa shape index (κ2) is 16.4. The Morgan fingerprint density at radius 3 is 2.15 bits per heavy atom. The molecular weight excluding hydrogens is 468 g/mol. The lowest BCUT2D eigenvalue weighted by Crippen LogP contribution is -2.41. The summed E-state index contributed by atoms with van der Waals surface area (Å²) in [5, 5.41) is 32.6. The van der Waals surface area contributed by atoms with Gasteiger partial charge in [-0.25, -0.2) is 4.79 Å². The predicted molar refractivity (Wildman–Crippen MR) is 129 cm³/mol. The Kier molecular flexibility index (Phi) is 14.9. The smallest absolute Gasteiger partial charge is 0.326 e. The van der Waals surface area contributed by atoms with Gasteiger partial charge in [-0.1, -0.05) is 13.8 Å². The maximum atomic E-state index is 11.7. The van der Waals surface area contributed by atoms with E-state index in [0.29, 0.717) is 18.5 Å². The topological polar surface area (TPSA) is 202 Å². The van der Waals surface area contributed by atoms with Gasteiger partial charge in [0.2, 0.25) is 11.8 Å². The molecule has 0 fully saturated rings. The Hall–Kier alpha value is -3.19. The number of hydrogen-bond donors (Lipinski definition) is 5. The van der Waals surface area contributed by atoms with Gasteiger partial charge in [-0.05, 0) is 42.9 Å². The number of carbonyl (C=O) groups is 4. The summed E-state index contributed by atoms with van der Waals surface area (Å²) >= 11 is 1.62. The summed E-state index contributed by atoms with van der Waals surface area (Å²) in [6, 6.07) is 4.13. The molecule has 0 aliphatic heterocycles. The minimum atomic E-state index is -1.10. The van der Waals surface area contributed by atoms with Gasteiger partial charge in [-0.2, -0.15) is 11.8 Å². The molecule has 0 unspecified atom stereocenters. The van der Waals surface area contributed by atoms with E-state index >= 15 is 0 Å². The first kappa shape index (κ1) is 30.8. The van der Waals surface area contributed by atoms with E-state index in [1.807, 2.05) is 20.1 Å². The number of nitrogens with zero attached hydrogens (tertiary/aromatic N) is 1. The number of anilines is 1. The summed E-state index contributed by atoms with van der Waals surface area (Å²) in [7, 11) is 0. The highest BCUT2D eigenvalue weighted by atomic mass is 32.2. The molecule has 0 bridgehead atoms. The zero-order chi connectivity index (χ0) is 26.3. The molecule has 0 aliphatic rings. The summed E-state index contributed by atoms with van der Waals surface area (Å²) in [4.78, 5) is 53.8. The monoisotopic (exact) mass is 500 g/mol. The molecule has 0 aromatic heterocycles. The Bertz CT molecular complexity index is 833. The summed E-state index contributed by atoms with van der Waals surface area (Å²) in [6.45, 7) is 3.69. The number of carbonyl (C=O) groups excluding carboxylic acids is 2. The molecular formula is C21H32N4O8S. The van der Waals surface area contributed by atoms with Crippen molar-refractivity contribution < 1.29 is 34.3 Å². The number of nitrogens with one attached hydrogen (secondary N) is 2. The molecule has 1 aromatic carbocycles. The highest BCUT2D eigenvalue weighted by molar-refractivity contribution is 7.98. The van der Waals surface area contributed by atoms with Crippen molar-refractivity contribution in [3.05, 3.63) is 34.4 Å². The number of nitro groups is 1. The summed E-state index contributed by atoms with van der Waals surface area (Å²) in [6.07, 6.45) is 2.38. The van der Waals surface area contributed by atoms with Crippen molar-refractivity contribution in [3.8, 4) is 0 Å². The third-order valence-corrected chi connectivity index (χ3v) is 4.87. The van der Waals surface area contributed by atoms with Crippen LogP contribution in [0.25, 0.3) is 0 Å². The van der Waals surface area contributed by atoms with Crippen molar-refractivity contribution in [2.75, 3.05) is 17.3 Å². The molecule has 0 radical (unpaired) electrons. The zero-order valence-electron chi connectivity index (χ0n) is 19.4. The van der Waals surface area contributed by atoms with Gasteiger partial charge >= 0.3 is 11.9 Å². The van der Waals surface area contributed by atoms with Gasteiger partial charge in [0.05, 0.1) is 17.4 Å². The fourth-order valence-electron chi connectivity index (χ4n) is 2.46. The molecule has 6 N–H and O–H groups in total. The first-order valence-corrected chi connectivity index (χ1v) is 11.8. The van der Waals surface area contributed by atoms with Crippen LogP contribution in [0.15, 0.2) is 24.3 Å². The maximum Gasteiger partial charge on any atom is 0.326 e. The molecule has 2 atom stereocenters. The lowest BCUT2D eigenvalue weighted by atomic mass is 10.0. The summed E-state index contributed by atoms with van der Waals surface area (Å²) in [5.41, 5.74) is 6.19. The van der Waals surface area contributed by atoms with Crippen LogP contribution in [-0.4, -0.2) is 63.0 Å². The number of rotatable bonds is 13. The molecule has 13 heteroatoms. The summed E-state index contributed by atoms with van der Waals surface area (Å²) in [5.74, 6) is -2.05. The lowest BCUT2D eigenvalue weighted by molar-refractivity contribution is -0.384. The minimum Gasteiger partial charge on any atom is -0.481 e. The van der Waals surface area contributed by atoms with Gasteiger partial charge in [0, 0.05) is 24.2 Å². The highest BCUT2D eigenvalue weighted by Gasteiger charge is 2.21. The van der Waals surface area contributed by atoms with E-state index in [0.717, 1.165) is 5.75 Å². The van der Waals surface area contributed by atoms with E-state index in [-0.39, 0.29) is 30.4 Å². The Morgan fingerprint density at radius 2 is 1.71 bits per heavy atom. The number of non-ortho nitro benzene ring substituents is 1. The fourth-order valence-corrected chi connectivity index (χ4v) is 2.95. The Labute approximate surface area is 201 Å². The van der Waals surface area contributed by atoms with E-state index in [1.165, 1.54) is 24.3 Å². The number of thioether (sulfide) groups is 1. The molecule has 0 saturated heterocycles. The van der Waals surface area contributed by atoms with Gasteiger partial charge < -0.3 is 26.6 Å². The first-order chi connectivity index (χ1) is 15.9. The average Bonchev–Trinajstić information content (AvgIpc) is 2.76. The molecule has 0 saturated carbocycles. The van der Waals surface area contributed by atoms with E-state index in [1.54, 1.807) is 11.8 Å². The van der Waals surface area contributed by atoms with Crippen molar-refractivity contribution in [3.63, 3.8) is 0 Å². The van der Waals surface area contributed by atoms with Crippen LogP contribution < -0.4 is 16.4 Å². The third-order valence-electron chi connectivity index (χ3n) is 4.22. The largest absolute Gasteiger partial charge is 0.481 e. The van der Waals surface area contributed by atoms with E-state index < -0.39 is 34.9 Å². The number of amides is 2. The van der Waals surface area contributed by atoms with E-state index in [9.17, 15) is 29.3 Å². The van der Waals surface area contributed by atoms with Crippen molar-refractivity contribution in [2.45, 2.75) is 51.6 Å². The van der Waals surface area contributed by atoms with Crippen LogP contribution >= 0.6 is 11.8 Å². The molecule has 0 aliphatic carbocycles. The van der Waals surface area contributed by atoms with E-state index in [2.05, 4.69) is 10.6 Å². The molecule has 1 rings (SSSR count). The maximum absolute atomic E-state index is 11.7. The van der Waals surface area contributed by atoms with Gasteiger partial charge in [0.25, 0.3) is 5.69 Å². The normalized spacial score (nSPS) is 12.0. The summed E-state index contributed by atoms with van der Waals surface area (Å²) < 4.78 is 0. The van der Waals surface area contributed by atoms with Crippen LogP contribution in [0.5, 0.6) is 0 Å². The number of benzene rings is 1. The Balaban J connectivity index is 0.000000646. The number of aliphatic carboxylic acids is 2. The van der Waals surface area contributed by atoms with Crippen LogP contribution in [-0.2, 0) is 19.2 Å². The van der Waals surface area contributed by atoms with Crippen molar-refractivity contribution >= 4 is 46.9 Å². The number of nitrogens with two attached hydrogens (primary N) is 1. The molecule has 2 amide bonds. The van der Waals surface area contributed by atoms with Crippen LogP contribution in [0.1, 0.15) is 39.5 Å². The van der Waals surface area contributed by atoms with E-state index in [4.69, 9.17) is 15.9 Å². The first-order valence-electron chi connectivity index (χ1n) is 10.4. The molecule has 0 spiro atoms. The molecule has 0 heterocycles. The van der Waals surface area contributed by atoms with Crippen molar-refractivity contribution in [1.29, 1.82) is 0 Å². The van der Waals surface area contributed by atoms with Crippen molar-refractivity contribution in [2.24, 2.45) is 11.7 Å². The average molecular weight is 501 g/mol. The second-order valence-electron chi connectivity index (χ2n) is 7.66. The van der Waals surface area contributed by atoms with Gasteiger partial charge in [0.15, 0.2) is 0 Å². The number of nitro benzene ring substituents is 1. The number of hydrogen-bond acceptors (Lipinski definition) is 8. The lowest BCUT2D eigenvalue weighted by Gasteiger charge is -2.16. The van der Waals surface area contributed by atoms with Crippen molar-refractivity contribution in [1.82, 2.24) is 5.32 Å². The Morgan fingerprint density at radius 1 is 1.12 bits per heavy atom. The fraction of sp³-hybridized carbons (Fsp3) is 0.524. The number of carboxylic acids is 2. The van der Waals surface area contributed by atoms with Crippen LogP contribution in [0.4, 0.5) is 11.4 Å². The molecule has 1 aromatic rings. The molecule has 12 nitrogen and oxygen atoms in total. The predicted octanol–water partition coefficient (Wildman–Crippen LogP) is 2.08. The number of carboxylic acid groups (broad SMARTS) is 2. The molecule has 190 valence electrons. The SMILES string of the molecule is CC(C)C[C@H](NC(=O)CCC(=O)O)C(=O)O.CSCC[C@H](N)C(=O)Nc1ccc([N+](=O)[O-])cc1. The van der Waals surface area contributed by atoms with Crippen LogP contribution in [0, 0.1) is 16.0 Å². The molecule has 34 heavy (non-hydrogen) atoms. The van der Waals surface area contributed by atoms with Crippen LogP contribution in [0.2, 0.25) is 0 Å². The highest BCUT2D eigenvalue weighted by Crippen LogP contribution is 2.15. The van der Waals surface area contributed by atoms with Gasteiger partial charge in [-0.15, -0.1) is 0 Å². The second-order valence-corrected chi connectivity index (χ2v) is 8.65. The minimum absolute atomic E-state index is 0.0142. The van der Waals surface area contributed by atoms with Crippen LogP contribution in [0.3, 0.4) is 0 Å².